The van der Waals surface area contributed by atoms with Crippen molar-refractivity contribution in [1.82, 2.24) is 0 Å². The van der Waals surface area contributed by atoms with E-state index >= 15 is 0 Å². The first-order valence-corrected chi connectivity index (χ1v) is 5.66. The van der Waals surface area contributed by atoms with Crippen molar-refractivity contribution >= 4 is 17.3 Å². The molecule has 0 aliphatic carbocycles. The lowest BCUT2D eigenvalue weighted by Gasteiger charge is -2.27. The van der Waals surface area contributed by atoms with E-state index in [1.54, 1.807) is 6.07 Å². The lowest BCUT2D eigenvalue weighted by atomic mass is 10.0. The maximum Gasteiger partial charge on any atom is 0.251 e. The smallest absolute Gasteiger partial charge is 0.251 e. The molecule has 0 saturated heterocycles. The summed E-state index contributed by atoms with van der Waals surface area (Å²) in [7, 11) is 0. The van der Waals surface area contributed by atoms with Gasteiger partial charge in [-0.3, -0.25) is 4.79 Å². The zero-order valence-corrected chi connectivity index (χ0v) is 9.48. The molecule has 3 nitrogen and oxygen atoms in total. The summed E-state index contributed by atoms with van der Waals surface area (Å²) >= 11 is 0. The maximum atomic E-state index is 13.1. The molecule has 0 saturated carbocycles. The van der Waals surface area contributed by atoms with Crippen LogP contribution >= 0.6 is 0 Å². The molecule has 0 spiro atoms. The molecule has 1 heterocycles. The van der Waals surface area contributed by atoms with E-state index in [9.17, 15) is 9.18 Å². The second kappa shape index (κ2) is 4.14. The van der Waals surface area contributed by atoms with E-state index in [0.717, 1.165) is 11.3 Å². The summed E-state index contributed by atoms with van der Waals surface area (Å²) in [5.41, 5.74) is 2.09. The second-order valence-corrected chi connectivity index (χ2v) is 4.17. The second-order valence-electron chi connectivity index (χ2n) is 4.17. The van der Waals surface area contributed by atoms with Crippen LogP contribution in [-0.4, -0.2) is 5.91 Å². The van der Waals surface area contributed by atoms with Crippen LogP contribution in [-0.2, 0) is 4.79 Å². The highest BCUT2D eigenvalue weighted by Gasteiger charge is 2.26. The predicted octanol–water partition coefficient (Wildman–Crippen LogP) is 2.93. The molecule has 2 N–H and O–H groups in total. The van der Waals surface area contributed by atoms with Crippen molar-refractivity contribution < 1.29 is 9.18 Å². The first-order chi connectivity index (χ1) is 8.74. The molecule has 1 amide bonds. The Kier molecular flexibility index (Phi) is 2.48. The van der Waals surface area contributed by atoms with Crippen LogP contribution in [0.4, 0.5) is 15.8 Å². The van der Waals surface area contributed by atoms with Gasteiger partial charge in [-0.05, 0) is 23.8 Å². The Morgan fingerprint density at radius 1 is 1.00 bits per heavy atom. The summed E-state index contributed by atoms with van der Waals surface area (Å²) in [6.45, 7) is 0. The average molecular weight is 242 g/mol. The Bertz CT molecular complexity index is 598. The highest BCUT2D eigenvalue weighted by Crippen LogP contribution is 2.32. The van der Waals surface area contributed by atoms with Crippen molar-refractivity contribution in [1.29, 1.82) is 0 Å². The highest BCUT2D eigenvalue weighted by molar-refractivity contribution is 6.03. The van der Waals surface area contributed by atoms with Crippen LogP contribution in [0.1, 0.15) is 11.6 Å². The topological polar surface area (TPSA) is 41.1 Å². The minimum atomic E-state index is -0.441. The standard InChI is InChI=1S/C14H11FN2O/c15-10-6-7-11-12(8-10)17-14(18)13(16-11)9-4-2-1-3-5-9/h1-8,13,16H,(H,17,18). The van der Waals surface area contributed by atoms with Gasteiger partial charge < -0.3 is 10.6 Å². The van der Waals surface area contributed by atoms with Crippen LogP contribution in [0.5, 0.6) is 0 Å². The molecule has 4 heteroatoms. The molecule has 1 unspecified atom stereocenters. The fourth-order valence-corrected chi connectivity index (χ4v) is 2.05. The number of nitrogens with one attached hydrogen (secondary N) is 2. The fraction of sp³-hybridized carbons (Fsp3) is 0.0714. The molecule has 1 aliphatic rings. The lowest BCUT2D eigenvalue weighted by Crippen LogP contribution is -2.31. The lowest BCUT2D eigenvalue weighted by molar-refractivity contribution is -0.117. The molecule has 0 bridgehead atoms. The molecule has 90 valence electrons. The Hall–Kier alpha value is -2.36. The van der Waals surface area contributed by atoms with E-state index in [4.69, 9.17) is 0 Å². The Morgan fingerprint density at radius 3 is 2.56 bits per heavy atom. The van der Waals surface area contributed by atoms with Gasteiger partial charge in [-0.2, -0.15) is 0 Å². The van der Waals surface area contributed by atoms with Gasteiger partial charge in [0.15, 0.2) is 0 Å². The summed E-state index contributed by atoms with van der Waals surface area (Å²) in [4.78, 5) is 12.0. The highest BCUT2D eigenvalue weighted by atomic mass is 19.1. The van der Waals surface area contributed by atoms with Crippen LogP contribution < -0.4 is 10.6 Å². The zero-order valence-electron chi connectivity index (χ0n) is 9.48. The minimum Gasteiger partial charge on any atom is -0.368 e. The van der Waals surface area contributed by atoms with Crippen molar-refractivity contribution in [2.45, 2.75) is 6.04 Å². The van der Waals surface area contributed by atoms with Gasteiger partial charge in [-0.25, -0.2) is 4.39 Å². The summed E-state index contributed by atoms with van der Waals surface area (Å²) in [5.74, 6) is -0.548. The van der Waals surface area contributed by atoms with Crippen molar-refractivity contribution in [2.24, 2.45) is 0 Å². The summed E-state index contributed by atoms with van der Waals surface area (Å²) in [5, 5.41) is 5.82. The molecule has 2 aromatic rings. The molecule has 0 fully saturated rings. The molecule has 2 aromatic carbocycles. The number of carbonyl (C=O) groups excluding carboxylic acids is 1. The average Bonchev–Trinajstić information content (AvgIpc) is 2.39. The number of hydrogen-bond acceptors (Lipinski definition) is 2. The zero-order chi connectivity index (χ0) is 12.5. The van der Waals surface area contributed by atoms with Crippen molar-refractivity contribution in [3.8, 4) is 0 Å². The molecule has 0 aromatic heterocycles. The first kappa shape index (κ1) is 10.8. The van der Waals surface area contributed by atoms with E-state index in [0.29, 0.717) is 5.69 Å². The Morgan fingerprint density at radius 2 is 1.78 bits per heavy atom. The molecule has 18 heavy (non-hydrogen) atoms. The van der Waals surface area contributed by atoms with Gasteiger partial charge >= 0.3 is 0 Å². The summed E-state index contributed by atoms with van der Waals surface area (Å²) < 4.78 is 13.1. The molecule has 1 aliphatic heterocycles. The number of hydrogen-bond donors (Lipinski definition) is 2. The van der Waals surface area contributed by atoms with Gasteiger partial charge in [0.05, 0.1) is 11.4 Å². The SMILES string of the molecule is O=C1Nc2cc(F)ccc2NC1c1ccccc1. The third-order valence-corrected chi connectivity index (χ3v) is 2.93. The van der Waals surface area contributed by atoms with Crippen LogP contribution in [0.2, 0.25) is 0 Å². The third kappa shape index (κ3) is 1.82. The fourth-order valence-electron chi connectivity index (χ4n) is 2.05. The number of fused-ring (bicyclic) bond motifs is 1. The number of rotatable bonds is 1. The Balaban J connectivity index is 1.97. The normalized spacial score (nSPS) is 17.6. The number of carbonyl (C=O) groups is 1. The largest absolute Gasteiger partial charge is 0.368 e. The van der Waals surface area contributed by atoms with Gasteiger partial charge in [0.2, 0.25) is 0 Å². The van der Waals surface area contributed by atoms with Crippen molar-refractivity contribution in [3.05, 3.63) is 59.9 Å². The molecule has 0 radical (unpaired) electrons. The number of anilines is 2. The van der Waals surface area contributed by atoms with Crippen LogP contribution in [0, 0.1) is 5.82 Å². The van der Waals surface area contributed by atoms with Crippen LogP contribution in [0.15, 0.2) is 48.5 Å². The van der Waals surface area contributed by atoms with E-state index < -0.39 is 6.04 Å². The van der Waals surface area contributed by atoms with Gasteiger partial charge in [-0.1, -0.05) is 30.3 Å². The van der Waals surface area contributed by atoms with E-state index in [-0.39, 0.29) is 11.7 Å². The maximum absolute atomic E-state index is 13.1. The van der Waals surface area contributed by atoms with Gasteiger partial charge in [0.25, 0.3) is 5.91 Å². The monoisotopic (exact) mass is 242 g/mol. The van der Waals surface area contributed by atoms with E-state index in [1.165, 1.54) is 12.1 Å². The number of amides is 1. The summed E-state index contributed by atoms with van der Waals surface area (Å²) in [6.07, 6.45) is 0. The van der Waals surface area contributed by atoms with Crippen LogP contribution in [0.25, 0.3) is 0 Å². The molecule has 3 rings (SSSR count). The van der Waals surface area contributed by atoms with E-state index in [1.807, 2.05) is 30.3 Å². The summed E-state index contributed by atoms with van der Waals surface area (Å²) in [6, 6.07) is 13.3. The minimum absolute atomic E-state index is 0.181. The predicted molar refractivity (Wildman–Crippen MR) is 67.8 cm³/mol. The van der Waals surface area contributed by atoms with Crippen molar-refractivity contribution in [3.63, 3.8) is 0 Å². The van der Waals surface area contributed by atoms with Crippen LogP contribution in [0.3, 0.4) is 0 Å². The van der Waals surface area contributed by atoms with Gasteiger partial charge in [0, 0.05) is 0 Å². The van der Waals surface area contributed by atoms with E-state index in [2.05, 4.69) is 10.6 Å². The van der Waals surface area contributed by atoms with Gasteiger partial charge in [0.1, 0.15) is 11.9 Å². The van der Waals surface area contributed by atoms with Crippen molar-refractivity contribution in [2.75, 3.05) is 10.6 Å². The van der Waals surface area contributed by atoms with Gasteiger partial charge in [-0.15, -0.1) is 0 Å². The Labute approximate surface area is 104 Å². The molecular formula is C14H11FN2O. The molecule has 1 atom stereocenters. The molecular weight excluding hydrogens is 231 g/mol. The number of halogens is 1. The quantitative estimate of drug-likeness (QED) is 0.807. The first-order valence-electron chi connectivity index (χ1n) is 5.66. The third-order valence-electron chi connectivity index (χ3n) is 2.93. The number of benzene rings is 2.